The Balaban J connectivity index is 1.84. The Morgan fingerprint density at radius 3 is 2.35 bits per heavy atom. The monoisotopic (exact) mass is 477 g/mol. The Hall–Kier alpha value is -2.05. The third kappa shape index (κ3) is 4.75. The summed E-state index contributed by atoms with van der Waals surface area (Å²) in [6.07, 6.45) is 5.30. The Labute approximate surface area is 195 Å². The molecule has 4 rings (SSSR count). The third-order valence-electron chi connectivity index (χ3n) is 5.55. The number of carbonyl (C=O) groups excluding carboxylic acids is 1. The molecule has 1 aliphatic rings. The van der Waals surface area contributed by atoms with Gasteiger partial charge in [-0.3, -0.25) is 4.79 Å². The predicted molar refractivity (Wildman–Crippen MR) is 124 cm³/mol. The van der Waals surface area contributed by atoms with Crippen LogP contribution in [0.5, 0.6) is 0 Å². The number of amides is 1. The van der Waals surface area contributed by atoms with Crippen LogP contribution in [-0.4, -0.2) is 26.8 Å². The zero-order valence-electron chi connectivity index (χ0n) is 16.7. The quantitative estimate of drug-likeness (QED) is 0.469. The van der Waals surface area contributed by atoms with Gasteiger partial charge in [-0.25, -0.2) is 4.68 Å². The van der Waals surface area contributed by atoms with Gasteiger partial charge < -0.3 is 10.4 Å². The molecule has 1 aliphatic carbocycles. The van der Waals surface area contributed by atoms with Crippen molar-refractivity contribution in [2.45, 2.75) is 44.8 Å². The fourth-order valence-corrected chi connectivity index (χ4v) is 4.63. The smallest absolute Gasteiger partial charge is 0.272 e. The predicted octanol–water partition coefficient (Wildman–Crippen LogP) is 6.05. The van der Waals surface area contributed by atoms with Gasteiger partial charge in [0, 0.05) is 27.2 Å². The fraction of sp³-hybridized carbons (Fsp3) is 0.304. The molecule has 162 valence electrons. The van der Waals surface area contributed by atoms with Crippen LogP contribution >= 0.6 is 34.8 Å². The molecule has 0 radical (unpaired) electrons. The van der Waals surface area contributed by atoms with E-state index in [4.69, 9.17) is 34.8 Å². The van der Waals surface area contributed by atoms with Gasteiger partial charge in [-0.05, 0) is 43.2 Å². The molecule has 0 aliphatic heterocycles. The van der Waals surface area contributed by atoms with Gasteiger partial charge in [0.05, 0.1) is 23.0 Å². The average molecular weight is 479 g/mol. The minimum absolute atomic E-state index is 0.121. The molecule has 1 amide bonds. The lowest BCUT2D eigenvalue weighted by Crippen LogP contribution is -2.36. The molecule has 5 nitrogen and oxygen atoms in total. The molecule has 0 spiro atoms. The first-order valence-electron chi connectivity index (χ1n) is 10.2. The number of hydrogen-bond acceptors (Lipinski definition) is 3. The molecule has 2 N–H and O–H groups in total. The van der Waals surface area contributed by atoms with E-state index in [9.17, 15) is 9.90 Å². The molecular formula is C23H22Cl3N3O2. The molecule has 0 unspecified atom stereocenters. The Bertz CT molecular complexity index is 1090. The van der Waals surface area contributed by atoms with Gasteiger partial charge in [-0.1, -0.05) is 66.2 Å². The second-order valence-electron chi connectivity index (χ2n) is 7.66. The molecule has 2 aromatic carbocycles. The molecule has 8 heteroatoms. The summed E-state index contributed by atoms with van der Waals surface area (Å²) in [6, 6.07) is 12.3. The molecule has 1 fully saturated rings. The van der Waals surface area contributed by atoms with Gasteiger partial charge in [0.15, 0.2) is 5.69 Å². The summed E-state index contributed by atoms with van der Waals surface area (Å²) in [5.74, 6) is -0.296. The van der Waals surface area contributed by atoms with Crippen molar-refractivity contribution in [2.24, 2.45) is 0 Å². The van der Waals surface area contributed by atoms with E-state index in [0.29, 0.717) is 32.0 Å². The van der Waals surface area contributed by atoms with E-state index < -0.39 is 0 Å². The number of rotatable bonds is 5. The van der Waals surface area contributed by atoms with Crippen LogP contribution in [0.2, 0.25) is 15.1 Å². The highest BCUT2D eigenvalue weighted by atomic mass is 35.5. The maximum Gasteiger partial charge on any atom is 0.272 e. The number of nitrogens with zero attached hydrogens (tertiary/aromatic N) is 2. The lowest BCUT2D eigenvalue weighted by molar-refractivity contribution is 0.0919. The van der Waals surface area contributed by atoms with Crippen molar-refractivity contribution in [1.29, 1.82) is 0 Å². The first-order valence-corrected chi connectivity index (χ1v) is 11.4. The summed E-state index contributed by atoms with van der Waals surface area (Å²) < 4.78 is 1.59. The topological polar surface area (TPSA) is 67.2 Å². The summed E-state index contributed by atoms with van der Waals surface area (Å²) in [5.41, 5.74) is 2.51. The van der Waals surface area contributed by atoms with Crippen molar-refractivity contribution < 1.29 is 9.90 Å². The highest BCUT2D eigenvalue weighted by molar-refractivity contribution is 6.35. The van der Waals surface area contributed by atoms with Crippen molar-refractivity contribution in [1.82, 2.24) is 15.1 Å². The first-order chi connectivity index (χ1) is 15.0. The minimum atomic E-state index is -0.351. The fourth-order valence-electron chi connectivity index (χ4n) is 4.01. The highest BCUT2D eigenvalue weighted by Crippen LogP contribution is 2.34. The second-order valence-corrected chi connectivity index (χ2v) is 8.94. The van der Waals surface area contributed by atoms with E-state index in [1.807, 2.05) is 12.1 Å². The molecule has 1 saturated carbocycles. The molecule has 1 heterocycles. The van der Waals surface area contributed by atoms with Crippen molar-refractivity contribution >= 4 is 40.7 Å². The van der Waals surface area contributed by atoms with E-state index >= 15 is 0 Å². The number of hydrogen-bond donors (Lipinski definition) is 2. The number of halogens is 3. The Kier molecular flexibility index (Phi) is 6.87. The standard InChI is InChI=1S/C23H22Cl3N3O2/c24-15-8-6-14(7-9-15)22-18(13-30)21(23(31)27-17-4-2-1-3-5-17)28-29(22)20-11-10-16(25)12-19(20)26/h6-12,17,30H,1-5,13H2,(H,27,31). The van der Waals surface area contributed by atoms with Crippen molar-refractivity contribution in [3.8, 4) is 16.9 Å². The molecule has 31 heavy (non-hydrogen) atoms. The van der Waals surface area contributed by atoms with Crippen LogP contribution in [-0.2, 0) is 6.61 Å². The second kappa shape index (κ2) is 9.61. The SMILES string of the molecule is O=C(NC1CCCCC1)c1nn(-c2ccc(Cl)cc2Cl)c(-c2ccc(Cl)cc2)c1CO. The molecular weight excluding hydrogens is 457 g/mol. The van der Waals surface area contributed by atoms with E-state index in [0.717, 1.165) is 31.2 Å². The van der Waals surface area contributed by atoms with Crippen molar-refractivity contribution in [3.63, 3.8) is 0 Å². The zero-order valence-corrected chi connectivity index (χ0v) is 19.0. The molecule has 0 saturated heterocycles. The third-order valence-corrected chi connectivity index (χ3v) is 6.34. The van der Waals surface area contributed by atoms with Gasteiger partial charge in [-0.2, -0.15) is 5.10 Å². The van der Waals surface area contributed by atoms with Crippen LogP contribution in [0.15, 0.2) is 42.5 Å². The lowest BCUT2D eigenvalue weighted by atomic mass is 9.95. The molecule has 0 atom stereocenters. The minimum Gasteiger partial charge on any atom is -0.392 e. The van der Waals surface area contributed by atoms with E-state index in [2.05, 4.69) is 10.4 Å². The first kappa shape index (κ1) is 22.2. The summed E-state index contributed by atoms with van der Waals surface area (Å²) in [4.78, 5) is 13.1. The van der Waals surface area contributed by atoms with E-state index in [1.165, 1.54) is 6.42 Å². The lowest BCUT2D eigenvalue weighted by Gasteiger charge is -2.22. The van der Waals surface area contributed by atoms with Crippen LogP contribution in [0.3, 0.4) is 0 Å². The Morgan fingerprint density at radius 2 is 1.71 bits per heavy atom. The van der Waals surface area contributed by atoms with E-state index in [-0.39, 0.29) is 24.2 Å². The van der Waals surface area contributed by atoms with Gasteiger partial charge in [0.2, 0.25) is 0 Å². The molecule has 0 bridgehead atoms. The van der Waals surface area contributed by atoms with Crippen LogP contribution in [0.4, 0.5) is 0 Å². The summed E-state index contributed by atoms with van der Waals surface area (Å²) in [7, 11) is 0. The number of aliphatic hydroxyl groups is 1. The molecule has 1 aromatic heterocycles. The average Bonchev–Trinajstić information content (AvgIpc) is 3.14. The zero-order chi connectivity index (χ0) is 22.0. The number of aromatic nitrogens is 2. The van der Waals surface area contributed by atoms with Crippen LogP contribution in [0.25, 0.3) is 16.9 Å². The van der Waals surface area contributed by atoms with Gasteiger partial charge >= 0.3 is 0 Å². The number of carbonyl (C=O) groups is 1. The number of benzene rings is 2. The summed E-state index contributed by atoms with van der Waals surface area (Å²) >= 11 is 18.6. The largest absolute Gasteiger partial charge is 0.392 e. The maximum atomic E-state index is 13.1. The number of aliphatic hydroxyl groups excluding tert-OH is 1. The summed E-state index contributed by atoms with van der Waals surface area (Å²) in [5, 5.41) is 19.4. The van der Waals surface area contributed by atoms with Crippen LogP contribution in [0, 0.1) is 0 Å². The van der Waals surface area contributed by atoms with E-state index in [1.54, 1.807) is 35.0 Å². The highest BCUT2D eigenvalue weighted by Gasteiger charge is 2.27. The maximum absolute atomic E-state index is 13.1. The van der Waals surface area contributed by atoms with Gasteiger partial charge in [0.1, 0.15) is 0 Å². The summed E-state index contributed by atoms with van der Waals surface area (Å²) in [6.45, 7) is -0.351. The molecule has 3 aromatic rings. The van der Waals surface area contributed by atoms with Crippen molar-refractivity contribution in [2.75, 3.05) is 0 Å². The number of nitrogens with one attached hydrogen (secondary N) is 1. The van der Waals surface area contributed by atoms with Gasteiger partial charge in [0.25, 0.3) is 5.91 Å². The van der Waals surface area contributed by atoms with Crippen molar-refractivity contribution in [3.05, 3.63) is 68.8 Å². The Morgan fingerprint density at radius 1 is 1.03 bits per heavy atom. The van der Waals surface area contributed by atoms with Gasteiger partial charge in [-0.15, -0.1) is 0 Å². The normalized spacial score (nSPS) is 14.6. The van der Waals surface area contributed by atoms with Crippen LogP contribution in [0.1, 0.15) is 48.2 Å². The van der Waals surface area contributed by atoms with Crippen LogP contribution < -0.4 is 5.32 Å².